The van der Waals surface area contributed by atoms with Gasteiger partial charge in [-0.05, 0) is 53.2 Å². The minimum Gasteiger partial charge on any atom is -0.466 e. The van der Waals surface area contributed by atoms with Crippen molar-refractivity contribution in [3.05, 3.63) is 22.6 Å². The molecule has 1 unspecified atom stereocenters. The molecule has 3 heteroatoms. The standard InChI is InChI=1S/C14H22BrNO/c1-3-14(8-5-6-9-14)13(16-4-2)12-11(15)7-10-17-12/h7,10,13,16H,3-6,8-9H2,1-2H3. The molecule has 0 saturated heterocycles. The van der Waals surface area contributed by atoms with Gasteiger partial charge in [0.1, 0.15) is 5.76 Å². The summed E-state index contributed by atoms with van der Waals surface area (Å²) in [5, 5.41) is 3.64. The van der Waals surface area contributed by atoms with Crippen molar-refractivity contribution in [3.63, 3.8) is 0 Å². The zero-order chi connectivity index (χ0) is 12.3. The van der Waals surface area contributed by atoms with Gasteiger partial charge in [-0.25, -0.2) is 0 Å². The first-order valence-electron chi connectivity index (χ1n) is 6.70. The third-order valence-corrected chi connectivity index (χ3v) is 4.89. The Morgan fingerprint density at radius 1 is 1.41 bits per heavy atom. The Morgan fingerprint density at radius 2 is 2.12 bits per heavy atom. The number of furan rings is 1. The summed E-state index contributed by atoms with van der Waals surface area (Å²) in [5.74, 6) is 1.08. The monoisotopic (exact) mass is 299 g/mol. The van der Waals surface area contributed by atoms with Crippen molar-refractivity contribution >= 4 is 15.9 Å². The van der Waals surface area contributed by atoms with Crippen LogP contribution in [0, 0.1) is 5.41 Å². The summed E-state index contributed by atoms with van der Waals surface area (Å²) in [6, 6.07) is 2.35. The number of nitrogens with one attached hydrogen (secondary N) is 1. The van der Waals surface area contributed by atoms with Crippen LogP contribution in [-0.2, 0) is 0 Å². The highest BCUT2D eigenvalue weighted by Gasteiger charge is 2.42. The van der Waals surface area contributed by atoms with E-state index in [1.54, 1.807) is 6.26 Å². The molecule has 0 spiro atoms. The molecule has 2 rings (SSSR count). The van der Waals surface area contributed by atoms with Gasteiger partial charge in [0.25, 0.3) is 0 Å². The summed E-state index contributed by atoms with van der Waals surface area (Å²) in [5.41, 5.74) is 0.385. The summed E-state index contributed by atoms with van der Waals surface area (Å²) in [6.45, 7) is 5.47. The zero-order valence-electron chi connectivity index (χ0n) is 10.8. The second-order valence-corrected chi connectivity index (χ2v) is 5.90. The summed E-state index contributed by atoms with van der Waals surface area (Å²) in [7, 11) is 0. The van der Waals surface area contributed by atoms with Gasteiger partial charge in [-0.3, -0.25) is 0 Å². The predicted octanol–water partition coefficient (Wildman–Crippen LogP) is 4.66. The van der Waals surface area contributed by atoms with Crippen LogP contribution in [0.2, 0.25) is 0 Å². The molecule has 1 aliphatic carbocycles. The first kappa shape index (κ1) is 13.2. The lowest BCUT2D eigenvalue weighted by Crippen LogP contribution is -2.36. The summed E-state index contributed by atoms with van der Waals surface area (Å²) < 4.78 is 6.81. The molecule has 1 aliphatic rings. The van der Waals surface area contributed by atoms with E-state index in [2.05, 4.69) is 35.1 Å². The highest BCUT2D eigenvalue weighted by molar-refractivity contribution is 9.10. The van der Waals surface area contributed by atoms with Crippen molar-refractivity contribution in [1.29, 1.82) is 0 Å². The number of halogens is 1. The number of hydrogen-bond donors (Lipinski definition) is 1. The maximum Gasteiger partial charge on any atom is 0.135 e. The highest BCUT2D eigenvalue weighted by Crippen LogP contribution is 2.51. The minimum absolute atomic E-state index is 0.351. The van der Waals surface area contributed by atoms with Crippen LogP contribution in [0.1, 0.15) is 57.8 Å². The third-order valence-electron chi connectivity index (χ3n) is 4.23. The average Bonchev–Trinajstić information content (AvgIpc) is 2.96. The molecule has 0 bridgehead atoms. The van der Waals surface area contributed by atoms with Crippen molar-refractivity contribution in [2.45, 2.75) is 52.0 Å². The molecule has 0 aromatic carbocycles. The molecule has 0 aliphatic heterocycles. The van der Waals surface area contributed by atoms with Gasteiger partial charge in [0.05, 0.1) is 16.8 Å². The van der Waals surface area contributed by atoms with Crippen molar-refractivity contribution in [2.75, 3.05) is 6.54 Å². The predicted molar refractivity (Wildman–Crippen MR) is 74.0 cm³/mol. The molecule has 1 saturated carbocycles. The molecule has 0 radical (unpaired) electrons. The largest absolute Gasteiger partial charge is 0.466 e. The van der Waals surface area contributed by atoms with Crippen LogP contribution >= 0.6 is 15.9 Å². The lowest BCUT2D eigenvalue weighted by atomic mass is 9.75. The normalized spacial score (nSPS) is 20.6. The first-order chi connectivity index (χ1) is 8.23. The molecule has 1 atom stereocenters. The Bertz CT molecular complexity index is 355. The summed E-state index contributed by atoms with van der Waals surface area (Å²) in [4.78, 5) is 0. The van der Waals surface area contributed by atoms with E-state index in [0.717, 1.165) is 16.8 Å². The second kappa shape index (κ2) is 5.57. The van der Waals surface area contributed by atoms with E-state index in [1.807, 2.05) is 6.07 Å². The van der Waals surface area contributed by atoms with Gasteiger partial charge in [0, 0.05) is 0 Å². The lowest BCUT2D eigenvalue weighted by Gasteiger charge is -2.36. The van der Waals surface area contributed by atoms with Gasteiger partial charge in [-0.15, -0.1) is 0 Å². The number of hydrogen-bond acceptors (Lipinski definition) is 2. The van der Waals surface area contributed by atoms with Crippen molar-refractivity contribution in [2.24, 2.45) is 5.41 Å². The maximum atomic E-state index is 5.71. The fourth-order valence-electron chi connectivity index (χ4n) is 3.23. The Labute approximate surface area is 112 Å². The fourth-order valence-corrected chi connectivity index (χ4v) is 3.66. The smallest absolute Gasteiger partial charge is 0.135 e. The molecule has 96 valence electrons. The fraction of sp³-hybridized carbons (Fsp3) is 0.714. The maximum absolute atomic E-state index is 5.71. The Hall–Kier alpha value is -0.280. The first-order valence-corrected chi connectivity index (χ1v) is 7.49. The number of rotatable bonds is 5. The van der Waals surface area contributed by atoms with Crippen LogP contribution in [0.5, 0.6) is 0 Å². The zero-order valence-corrected chi connectivity index (χ0v) is 12.3. The van der Waals surface area contributed by atoms with Gasteiger partial charge in [-0.2, -0.15) is 0 Å². The van der Waals surface area contributed by atoms with E-state index in [-0.39, 0.29) is 0 Å². The van der Waals surface area contributed by atoms with Crippen LogP contribution in [0.15, 0.2) is 21.2 Å². The third kappa shape index (κ3) is 2.45. The quantitative estimate of drug-likeness (QED) is 0.855. The topological polar surface area (TPSA) is 25.2 Å². The van der Waals surface area contributed by atoms with Gasteiger partial charge in [-0.1, -0.05) is 26.7 Å². The molecule has 1 heterocycles. The lowest BCUT2D eigenvalue weighted by molar-refractivity contribution is 0.166. The van der Waals surface area contributed by atoms with E-state index >= 15 is 0 Å². The van der Waals surface area contributed by atoms with Crippen LogP contribution in [0.3, 0.4) is 0 Å². The molecule has 1 aromatic heterocycles. The molecule has 1 N–H and O–H groups in total. The van der Waals surface area contributed by atoms with Crippen molar-refractivity contribution in [1.82, 2.24) is 5.32 Å². The van der Waals surface area contributed by atoms with Crippen molar-refractivity contribution in [3.8, 4) is 0 Å². The van der Waals surface area contributed by atoms with E-state index in [9.17, 15) is 0 Å². The van der Waals surface area contributed by atoms with E-state index in [0.29, 0.717) is 11.5 Å². The molecule has 2 nitrogen and oxygen atoms in total. The SMILES string of the molecule is CCNC(c1occc1Br)C1(CC)CCCC1. The van der Waals surface area contributed by atoms with E-state index in [1.165, 1.54) is 32.1 Å². The van der Waals surface area contributed by atoms with Crippen LogP contribution in [0.4, 0.5) is 0 Å². The van der Waals surface area contributed by atoms with Crippen LogP contribution in [0.25, 0.3) is 0 Å². The van der Waals surface area contributed by atoms with E-state index < -0.39 is 0 Å². The summed E-state index contributed by atoms with van der Waals surface area (Å²) in [6.07, 6.45) is 8.34. The van der Waals surface area contributed by atoms with Gasteiger partial charge < -0.3 is 9.73 Å². The minimum atomic E-state index is 0.351. The molecular weight excluding hydrogens is 278 g/mol. The molecule has 17 heavy (non-hydrogen) atoms. The van der Waals surface area contributed by atoms with E-state index in [4.69, 9.17) is 4.42 Å². The Kier molecular flexibility index (Phi) is 4.31. The molecule has 1 fully saturated rings. The Balaban J connectivity index is 2.31. The van der Waals surface area contributed by atoms with Gasteiger partial charge >= 0.3 is 0 Å². The highest BCUT2D eigenvalue weighted by atomic mass is 79.9. The van der Waals surface area contributed by atoms with Crippen molar-refractivity contribution < 1.29 is 4.42 Å². The average molecular weight is 300 g/mol. The molecule has 1 aromatic rings. The van der Waals surface area contributed by atoms with Gasteiger partial charge in [0.2, 0.25) is 0 Å². The second-order valence-electron chi connectivity index (χ2n) is 5.05. The van der Waals surface area contributed by atoms with Gasteiger partial charge in [0.15, 0.2) is 0 Å². The van der Waals surface area contributed by atoms with Crippen LogP contribution in [-0.4, -0.2) is 6.54 Å². The summed E-state index contributed by atoms with van der Waals surface area (Å²) >= 11 is 3.60. The van der Waals surface area contributed by atoms with Crippen LogP contribution < -0.4 is 5.32 Å². The molecular formula is C14H22BrNO. The molecule has 0 amide bonds. The Morgan fingerprint density at radius 3 is 2.59 bits per heavy atom.